The van der Waals surface area contributed by atoms with Gasteiger partial charge in [0.05, 0.1) is 40.7 Å². The first-order valence-corrected chi connectivity index (χ1v) is 20.9. The molecule has 0 radical (unpaired) electrons. The van der Waals surface area contributed by atoms with Gasteiger partial charge in [0.1, 0.15) is 24.9 Å². The summed E-state index contributed by atoms with van der Waals surface area (Å²) in [6.07, 6.45) is 3.30. The van der Waals surface area contributed by atoms with Crippen molar-refractivity contribution in [3.8, 4) is 0 Å². The van der Waals surface area contributed by atoms with E-state index in [9.17, 15) is 31.6 Å². The topological polar surface area (TPSA) is 171 Å². The lowest BCUT2D eigenvalue weighted by molar-refractivity contribution is 0.0199. The molecule has 0 spiro atoms. The summed E-state index contributed by atoms with van der Waals surface area (Å²) in [6.45, 7) is 4.27. The number of benzene rings is 3. The number of rotatable bonds is 16. The number of sulfonamides is 1. The highest BCUT2D eigenvalue weighted by Gasteiger charge is 2.39. The minimum absolute atomic E-state index is 0.0252. The van der Waals surface area contributed by atoms with Crippen LogP contribution in [0, 0.1) is 11.1 Å². The highest BCUT2D eigenvalue weighted by Crippen LogP contribution is 2.34. The van der Waals surface area contributed by atoms with E-state index in [1.165, 1.54) is 56.6 Å². The average molecular weight is 759 g/mol. The van der Waals surface area contributed by atoms with Gasteiger partial charge in [0.25, 0.3) is 5.91 Å². The number of anilines is 2. The van der Waals surface area contributed by atoms with E-state index in [0.717, 1.165) is 35.4 Å². The number of nitrogens with zero attached hydrogens (tertiary/aromatic N) is 2. The molecule has 0 bridgehead atoms. The van der Waals surface area contributed by atoms with E-state index >= 15 is 0 Å². The third kappa shape index (κ3) is 10.8. The first-order valence-electron chi connectivity index (χ1n) is 17.4. The number of methoxy groups -OCH3 is 1. The van der Waals surface area contributed by atoms with Crippen molar-refractivity contribution in [3.05, 3.63) is 89.1 Å². The molecule has 15 heteroatoms. The number of carbonyl (C=O) groups excluding carboxylic acids is 2. The summed E-state index contributed by atoms with van der Waals surface area (Å²) < 4.78 is 61.9. The third-order valence-electron chi connectivity index (χ3n) is 9.60. The summed E-state index contributed by atoms with van der Waals surface area (Å²) in [5.41, 5.74) is 1.28. The Bertz CT molecular complexity index is 1890. The van der Waals surface area contributed by atoms with Crippen molar-refractivity contribution in [1.29, 1.82) is 0 Å². The quantitative estimate of drug-likeness (QED) is 0.103. The van der Waals surface area contributed by atoms with Crippen molar-refractivity contribution >= 4 is 48.9 Å². The van der Waals surface area contributed by atoms with Crippen molar-refractivity contribution in [1.82, 2.24) is 9.96 Å². The molecule has 52 heavy (non-hydrogen) atoms. The number of hydrogen-bond acceptors (Lipinski definition) is 9. The lowest BCUT2D eigenvalue weighted by Gasteiger charge is -2.49. The largest absolute Gasteiger partial charge is 0.627 e. The summed E-state index contributed by atoms with van der Waals surface area (Å²) in [6, 6.07) is 18.8. The minimum atomic E-state index is -3.80. The maximum absolute atomic E-state index is 14.3. The van der Waals surface area contributed by atoms with Gasteiger partial charge in [0, 0.05) is 38.4 Å². The molecule has 1 saturated heterocycles. The SMILES string of the molecule is CC[C@@H](C)CCCCS(=O)(=O)c1ccc(NC(=O)c2cc([N+]3([O-])CC[C@@H](NC(=O)OCc4ccccc4)[C@@H](OC)C3)ccc2N(C)S(C)(=O)=O)cc1. The van der Waals surface area contributed by atoms with E-state index in [0.29, 0.717) is 12.3 Å². The number of quaternary nitrogens is 1. The van der Waals surface area contributed by atoms with E-state index in [1.54, 1.807) is 0 Å². The Morgan fingerprint density at radius 2 is 1.71 bits per heavy atom. The Kier molecular flexibility index (Phi) is 13.8. The van der Waals surface area contributed by atoms with Gasteiger partial charge < -0.3 is 30.0 Å². The van der Waals surface area contributed by atoms with Gasteiger partial charge >= 0.3 is 6.09 Å². The third-order valence-corrected chi connectivity index (χ3v) is 12.6. The fourth-order valence-corrected chi connectivity index (χ4v) is 7.95. The standard InChI is InChI=1S/C37H50N4O9S2/c1-6-27(2)12-10-11-23-52(47,48)31-18-15-29(16-19-31)38-36(42)32-24-30(17-20-34(32)40(3)51(5,45)46)41(44)22-21-33(35(25-41)49-4)39-37(43)50-26-28-13-8-7-9-14-28/h7-9,13-20,24,27,33,35H,6,10-12,21-23,25-26H2,1-5H3,(H,38,42)(H,39,43)/t27-,33-,35+,41?/m1/s1. The number of alkyl carbamates (subject to hydrolysis) is 1. The van der Waals surface area contributed by atoms with Gasteiger partial charge in [0.2, 0.25) is 10.0 Å². The van der Waals surface area contributed by atoms with E-state index in [1.807, 2.05) is 30.3 Å². The molecule has 3 aromatic carbocycles. The number of ether oxygens (including phenoxy) is 2. The molecule has 4 atom stereocenters. The Morgan fingerprint density at radius 3 is 2.35 bits per heavy atom. The highest BCUT2D eigenvalue weighted by molar-refractivity contribution is 7.92. The second kappa shape index (κ2) is 17.7. The zero-order valence-electron chi connectivity index (χ0n) is 30.4. The van der Waals surface area contributed by atoms with Crippen LogP contribution in [-0.4, -0.2) is 80.2 Å². The maximum atomic E-state index is 14.3. The molecular formula is C37H50N4O9S2. The van der Waals surface area contributed by atoms with Crippen LogP contribution in [0.3, 0.4) is 0 Å². The zero-order chi connectivity index (χ0) is 38.1. The van der Waals surface area contributed by atoms with E-state index in [2.05, 4.69) is 24.5 Å². The summed E-state index contributed by atoms with van der Waals surface area (Å²) >= 11 is 0. The van der Waals surface area contributed by atoms with Crippen LogP contribution < -0.4 is 19.6 Å². The molecule has 1 unspecified atom stereocenters. The van der Waals surface area contributed by atoms with Gasteiger partial charge in [0.15, 0.2) is 9.84 Å². The normalized spacial score (nSPS) is 19.7. The van der Waals surface area contributed by atoms with E-state index < -0.39 is 48.7 Å². The minimum Gasteiger partial charge on any atom is -0.627 e. The molecular weight excluding hydrogens is 709 g/mol. The number of carbonyl (C=O) groups is 2. The molecule has 0 saturated carbocycles. The predicted molar refractivity (Wildman–Crippen MR) is 203 cm³/mol. The van der Waals surface area contributed by atoms with Crippen LogP contribution in [0.15, 0.2) is 77.7 Å². The lowest BCUT2D eigenvalue weighted by Crippen LogP contribution is -2.62. The number of hydrogen-bond donors (Lipinski definition) is 2. The fraction of sp³-hybridized carbons (Fsp3) is 0.459. The van der Waals surface area contributed by atoms with E-state index in [4.69, 9.17) is 9.47 Å². The average Bonchev–Trinajstić information content (AvgIpc) is 3.12. The second-order valence-corrected chi connectivity index (χ2v) is 17.5. The smallest absolute Gasteiger partial charge is 0.407 e. The number of piperidine rings is 1. The number of amides is 2. The Balaban J connectivity index is 1.50. The van der Waals surface area contributed by atoms with Crippen LogP contribution in [0.5, 0.6) is 0 Å². The Labute approximate surface area is 307 Å². The molecule has 0 aliphatic carbocycles. The van der Waals surface area contributed by atoms with Gasteiger partial charge in [-0.3, -0.25) is 9.10 Å². The fourth-order valence-electron chi connectivity index (χ4n) is 6.06. The number of sulfone groups is 1. The molecule has 3 aromatic rings. The first kappa shape index (κ1) is 40.7. The van der Waals surface area contributed by atoms with Crippen LogP contribution in [0.4, 0.5) is 21.9 Å². The van der Waals surface area contributed by atoms with E-state index in [-0.39, 0.29) is 59.4 Å². The zero-order valence-corrected chi connectivity index (χ0v) is 32.0. The molecule has 2 amide bonds. The van der Waals surface area contributed by atoms with Crippen LogP contribution in [0.2, 0.25) is 0 Å². The summed E-state index contributed by atoms with van der Waals surface area (Å²) in [5, 5.41) is 19.8. The predicted octanol–water partition coefficient (Wildman–Crippen LogP) is 5.84. The van der Waals surface area contributed by atoms with Crippen molar-refractivity contribution in [3.63, 3.8) is 0 Å². The molecule has 1 aliphatic heterocycles. The van der Waals surface area contributed by atoms with Crippen molar-refractivity contribution in [2.24, 2.45) is 5.92 Å². The molecule has 1 fully saturated rings. The lowest BCUT2D eigenvalue weighted by atomic mass is 9.99. The van der Waals surface area contributed by atoms with Crippen LogP contribution in [-0.2, 0) is 35.9 Å². The summed E-state index contributed by atoms with van der Waals surface area (Å²) in [7, 11) is -4.57. The van der Waals surface area contributed by atoms with Crippen molar-refractivity contribution < 1.29 is 35.9 Å². The molecule has 13 nitrogen and oxygen atoms in total. The highest BCUT2D eigenvalue weighted by atomic mass is 32.2. The monoisotopic (exact) mass is 758 g/mol. The Morgan fingerprint density at radius 1 is 1.02 bits per heavy atom. The van der Waals surface area contributed by atoms with Gasteiger partial charge in [-0.25, -0.2) is 21.6 Å². The second-order valence-electron chi connectivity index (χ2n) is 13.4. The number of hydroxylamine groups is 2. The molecule has 1 heterocycles. The van der Waals surface area contributed by atoms with Crippen molar-refractivity contribution in [2.45, 2.75) is 69.6 Å². The maximum Gasteiger partial charge on any atom is 0.407 e. The van der Waals surface area contributed by atoms with Crippen LogP contribution in [0.1, 0.15) is 61.9 Å². The Hall–Kier alpha value is -4.02. The summed E-state index contributed by atoms with van der Waals surface area (Å²) in [5.74, 6) is -0.123. The molecule has 284 valence electrons. The van der Waals surface area contributed by atoms with Gasteiger partial charge in [-0.15, -0.1) is 0 Å². The first-order chi connectivity index (χ1) is 24.6. The van der Waals surface area contributed by atoms with Gasteiger partial charge in [-0.1, -0.05) is 63.4 Å². The van der Waals surface area contributed by atoms with Gasteiger partial charge in [-0.2, -0.15) is 0 Å². The van der Waals surface area contributed by atoms with Crippen molar-refractivity contribution in [2.75, 3.05) is 48.9 Å². The van der Waals surface area contributed by atoms with Crippen LogP contribution >= 0.6 is 0 Å². The molecule has 2 N–H and O–H groups in total. The molecule has 1 aliphatic rings. The molecule has 4 rings (SSSR count). The summed E-state index contributed by atoms with van der Waals surface area (Å²) in [4.78, 5) is 26.5. The number of nitrogens with one attached hydrogen (secondary N) is 2. The van der Waals surface area contributed by atoms with Gasteiger partial charge in [-0.05, 0) is 48.2 Å². The van der Waals surface area contributed by atoms with Crippen LogP contribution in [0.25, 0.3) is 0 Å². The molecule has 0 aromatic heterocycles. The number of unbranched alkanes of at least 4 members (excludes halogenated alkanes) is 1.